The summed E-state index contributed by atoms with van der Waals surface area (Å²) in [5.74, 6) is -0.192. The zero-order chi connectivity index (χ0) is 15.4. The van der Waals surface area contributed by atoms with Crippen molar-refractivity contribution in [3.63, 3.8) is 0 Å². The first-order chi connectivity index (χ1) is 10.7. The number of thiophene rings is 1. The van der Waals surface area contributed by atoms with E-state index < -0.39 is 0 Å². The molecule has 1 N–H and O–H groups in total. The summed E-state index contributed by atoms with van der Waals surface area (Å²) in [5.41, 5.74) is 1.38. The van der Waals surface area contributed by atoms with Gasteiger partial charge in [-0.1, -0.05) is 6.07 Å². The Morgan fingerprint density at radius 2 is 2.27 bits per heavy atom. The van der Waals surface area contributed by atoms with Crippen molar-refractivity contribution in [1.29, 1.82) is 0 Å². The summed E-state index contributed by atoms with van der Waals surface area (Å²) in [6, 6.07) is 7.30. The monoisotopic (exact) mass is 314 g/mol. The van der Waals surface area contributed by atoms with Gasteiger partial charge in [0.2, 0.25) is 5.91 Å². The largest absolute Gasteiger partial charge is 0.351 e. The lowest BCUT2D eigenvalue weighted by Gasteiger charge is -2.01. The van der Waals surface area contributed by atoms with Crippen LogP contribution < -0.4 is 11.0 Å². The highest BCUT2D eigenvalue weighted by Gasteiger charge is 2.05. The second kappa shape index (κ2) is 6.40. The maximum absolute atomic E-state index is 12.0. The van der Waals surface area contributed by atoms with E-state index in [0.717, 1.165) is 5.56 Å². The number of pyridine rings is 1. The third-order valence-corrected chi connectivity index (χ3v) is 3.78. The summed E-state index contributed by atoms with van der Waals surface area (Å²) >= 11 is 1.58. The van der Waals surface area contributed by atoms with E-state index in [0.29, 0.717) is 18.7 Å². The lowest BCUT2D eigenvalue weighted by molar-refractivity contribution is -0.116. The number of nitrogens with one attached hydrogen (secondary N) is 1. The average Bonchev–Trinajstić information content (AvgIpc) is 3.15. The molecule has 0 aliphatic heterocycles. The Morgan fingerprint density at radius 3 is 3.05 bits per heavy atom. The van der Waals surface area contributed by atoms with Crippen LogP contribution >= 0.6 is 11.3 Å². The number of hydrogen-bond donors (Lipinski definition) is 1. The van der Waals surface area contributed by atoms with Crippen LogP contribution in [0.3, 0.4) is 0 Å². The van der Waals surface area contributed by atoms with Crippen LogP contribution in [0.25, 0.3) is 11.7 Å². The number of amides is 1. The molecule has 112 valence electrons. The van der Waals surface area contributed by atoms with Gasteiger partial charge in [0.05, 0.1) is 6.54 Å². The normalized spacial score (nSPS) is 11.3. The molecule has 0 atom stereocenters. The zero-order valence-electron chi connectivity index (χ0n) is 11.7. The fourth-order valence-corrected chi connectivity index (χ4v) is 2.63. The Kier molecular flexibility index (Phi) is 4.15. The molecule has 0 radical (unpaired) electrons. The van der Waals surface area contributed by atoms with Crippen molar-refractivity contribution in [1.82, 2.24) is 19.5 Å². The van der Waals surface area contributed by atoms with Crippen LogP contribution in [-0.2, 0) is 11.3 Å². The van der Waals surface area contributed by atoms with Crippen molar-refractivity contribution >= 4 is 29.0 Å². The molecule has 0 aliphatic rings. The molecule has 0 aromatic carbocycles. The van der Waals surface area contributed by atoms with E-state index in [9.17, 15) is 9.59 Å². The number of nitrogens with zero attached hydrogens (tertiary/aromatic N) is 3. The molecule has 0 spiro atoms. The predicted molar refractivity (Wildman–Crippen MR) is 85.8 cm³/mol. The fourth-order valence-electron chi connectivity index (χ4n) is 2.00. The quantitative estimate of drug-likeness (QED) is 0.724. The number of hydrogen-bond acceptors (Lipinski definition) is 4. The van der Waals surface area contributed by atoms with E-state index in [2.05, 4.69) is 10.4 Å². The number of carbonyl (C=O) groups excluding carboxylic acids is 1. The summed E-state index contributed by atoms with van der Waals surface area (Å²) < 4.78 is 2.82. The van der Waals surface area contributed by atoms with Gasteiger partial charge < -0.3 is 5.32 Å². The third-order valence-electron chi connectivity index (χ3n) is 3.08. The SMILES string of the molecule is O=C(C=Cc1ccsc1)NCCn1nc2ccccn2c1=O. The van der Waals surface area contributed by atoms with E-state index in [-0.39, 0.29) is 11.6 Å². The Hall–Kier alpha value is -2.67. The number of aromatic nitrogens is 3. The van der Waals surface area contributed by atoms with E-state index in [1.54, 1.807) is 35.7 Å². The van der Waals surface area contributed by atoms with Crippen molar-refractivity contribution in [3.8, 4) is 0 Å². The molecular weight excluding hydrogens is 300 g/mol. The first-order valence-electron chi connectivity index (χ1n) is 6.76. The van der Waals surface area contributed by atoms with Crippen molar-refractivity contribution in [2.45, 2.75) is 6.54 Å². The van der Waals surface area contributed by atoms with Crippen LogP contribution in [0, 0.1) is 0 Å². The van der Waals surface area contributed by atoms with Gasteiger partial charge in [0, 0.05) is 18.8 Å². The minimum absolute atomic E-state index is 0.192. The van der Waals surface area contributed by atoms with Crippen LogP contribution in [0.1, 0.15) is 5.56 Å². The number of carbonyl (C=O) groups is 1. The Labute approximate surface area is 130 Å². The number of fused-ring (bicyclic) bond motifs is 1. The average molecular weight is 314 g/mol. The second-order valence-corrected chi connectivity index (χ2v) is 5.40. The summed E-state index contributed by atoms with van der Waals surface area (Å²) in [5, 5.41) is 10.8. The van der Waals surface area contributed by atoms with Gasteiger partial charge in [0.25, 0.3) is 0 Å². The van der Waals surface area contributed by atoms with Crippen molar-refractivity contribution in [3.05, 3.63) is 63.3 Å². The van der Waals surface area contributed by atoms with Gasteiger partial charge in [-0.3, -0.25) is 9.20 Å². The molecule has 0 fully saturated rings. The van der Waals surface area contributed by atoms with Gasteiger partial charge in [0.15, 0.2) is 5.65 Å². The highest BCUT2D eigenvalue weighted by molar-refractivity contribution is 7.08. The van der Waals surface area contributed by atoms with E-state index in [1.807, 2.05) is 22.9 Å². The molecule has 3 heterocycles. The van der Waals surface area contributed by atoms with Gasteiger partial charge in [-0.05, 0) is 40.6 Å². The standard InChI is InChI=1S/C15H14N4O2S/c20-14(5-4-12-6-10-22-11-12)16-7-9-19-15(21)18-8-2-1-3-13(18)17-19/h1-6,8,10-11H,7,9H2,(H,16,20). The molecule has 0 saturated carbocycles. The molecule has 0 aliphatic carbocycles. The van der Waals surface area contributed by atoms with Gasteiger partial charge in [-0.2, -0.15) is 11.3 Å². The second-order valence-electron chi connectivity index (χ2n) is 4.62. The summed E-state index contributed by atoms with van der Waals surface area (Å²) in [7, 11) is 0. The van der Waals surface area contributed by atoms with E-state index >= 15 is 0 Å². The van der Waals surface area contributed by atoms with Gasteiger partial charge in [0.1, 0.15) is 0 Å². The Morgan fingerprint density at radius 1 is 1.36 bits per heavy atom. The Balaban J connectivity index is 1.57. The molecule has 6 nitrogen and oxygen atoms in total. The fraction of sp³-hybridized carbons (Fsp3) is 0.133. The van der Waals surface area contributed by atoms with E-state index in [4.69, 9.17) is 0 Å². The lowest BCUT2D eigenvalue weighted by atomic mass is 10.3. The van der Waals surface area contributed by atoms with Crippen molar-refractivity contribution < 1.29 is 4.79 Å². The smallest absolute Gasteiger partial charge is 0.350 e. The lowest BCUT2D eigenvalue weighted by Crippen LogP contribution is -2.30. The first-order valence-corrected chi connectivity index (χ1v) is 7.70. The molecule has 1 amide bonds. The zero-order valence-corrected chi connectivity index (χ0v) is 12.5. The molecule has 3 rings (SSSR count). The molecule has 3 aromatic rings. The van der Waals surface area contributed by atoms with Crippen LogP contribution in [0.4, 0.5) is 0 Å². The first kappa shape index (κ1) is 14.3. The van der Waals surface area contributed by atoms with Gasteiger partial charge in [-0.25, -0.2) is 9.48 Å². The van der Waals surface area contributed by atoms with Crippen LogP contribution in [0.15, 0.2) is 52.1 Å². The van der Waals surface area contributed by atoms with Crippen LogP contribution in [0.5, 0.6) is 0 Å². The Bertz CT molecular complexity index is 861. The molecule has 0 unspecified atom stereocenters. The summed E-state index contributed by atoms with van der Waals surface area (Å²) in [6.07, 6.45) is 4.90. The molecule has 0 bridgehead atoms. The summed E-state index contributed by atoms with van der Waals surface area (Å²) in [4.78, 5) is 23.7. The minimum atomic E-state index is -0.210. The van der Waals surface area contributed by atoms with Crippen LogP contribution in [-0.4, -0.2) is 26.6 Å². The maximum atomic E-state index is 12.0. The highest BCUT2D eigenvalue weighted by atomic mass is 32.1. The minimum Gasteiger partial charge on any atom is -0.351 e. The van der Waals surface area contributed by atoms with Crippen molar-refractivity contribution in [2.24, 2.45) is 0 Å². The highest BCUT2D eigenvalue weighted by Crippen LogP contribution is 2.07. The van der Waals surface area contributed by atoms with Crippen molar-refractivity contribution in [2.75, 3.05) is 6.54 Å². The predicted octanol–water partition coefficient (Wildman–Crippen LogP) is 1.39. The van der Waals surface area contributed by atoms with Gasteiger partial charge in [-0.15, -0.1) is 5.10 Å². The van der Waals surface area contributed by atoms with Crippen LogP contribution in [0.2, 0.25) is 0 Å². The molecule has 22 heavy (non-hydrogen) atoms. The molecule has 0 saturated heterocycles. The maximum Gasteiger partial charge on any atom is 0.350 e. The number of rotatable bonds is 5. The van der Waals surface area contributed by atoms with E-state index in [1.165, 1.54) is 15.2 Å². The molecule has 3 aromatic heterocycles. The van der Waals surface area contributed by atoms with Gasteiger partial charge >= 0.3 is 5.69 Å². The molecule has 7 heteroatoms. The third kappa shape index (κ3) is 3.15. The summed E-state index contributed by atoms with van der Waals surface area (Å²) in [6.45, 7) is 0.676. The molecular formula is C15H14N4O2S. The topological polar surface area (TPSA) is 68.4 Å².